The second kappa shape index (κ2) is 9.86. The summed E-state index contributed by atoms with van der Waals surface area (Å²) in [6.45, 7) is 4.87. The first-order valence-corrected chi connectivity index (χ1v) is 12.3. The van der Waals surface area contributed by atoms with Gasteiger partial charge in [0, 0.05) is 23.0 Å². The van der Waals surface area contributed by atoms with E-state index in [-0.39, 0.29) is 36.3 Å². The molecule has 7 heteroatoms. The molecule has 4 rings (SSSR count). The van der Waals surface area contributed by atoms with E-state index in [1.54, 1.807) is 33.3 Å². The number of fused-ring (bicyclic) bond motifs is 1. The van der Waals surface area contributed by atoms with Gasteiger partial charge in [0.2, 0.25) is 0 Å². The molecule has 1 N–H and O–H groups in total. The molecule has 3 amide bonds. The molecule has 6 nitrogen and oxygen atoms in total. The van der Waals surface area contributed by atoms with Crippen molar-refractivity contribution in [2.75, 3.05) is 13.1 Å². The molecule has 2 fully saturated rings. The second-order valence-electron chi connectivity index (χ2n) is 9.15. The first-order valence-electron chi connectivity index (χ1n) is 11.4. The van der Waals surface area contributed by atoms with Crippen LogP contribution in [0.3, 0.4) is 0 Å². The maximum Gasteiger partial charge on any atom is 0.318 e. The standard InChI is InChI=1S/C25H31N3O3S/c1-17(2)15-19(10-11-20-9-6-14-32-20)26-25(31)27-13-12-21-23(27)22(29)16-28(21)24(30)18-7-4-3-5-8-18/h3-9,14,17,19,21,23H,10-13,15-16H2,1-2H3,(H,26,31)/t19?,21-,23+/m1/s1. The lowest BCUT2D eigenvalue weighted by Crippen LogP contribution is -2.50. The molecule has 0 radical (unpaired) electrons. The van der Waals surface area contributed by atoms with Gasteiger partial charge in [-0.25, -0.2) is 4.79 Å². The molecule has 1 unspecified atom stereocenters. The molecule has 170 valence electrons. The lowest BCUT2D eigenvalue weighted by Gasteiger charge is -2.28. The van der Waals surface area contributed by atoms with Crippen LogP contribution in [0.5, 0.6) is 0 Å². The molecule has 0 saturated carbocycles. The SMILES string of the molecule is CC(C)CC(CCc1cccs1)NC(=O)N1CC[C@@H]2[C@H]1C(=O)CN2C(=O)c1ccccc1. The van der Waals surface area contributed by atoms with Crippen LogP contribution in [-0.4, -0.2) is 58.7 Å². The Kier molecular flexibility index (Phi) is 6.94. The molecule has 1 aromatic heterocycles. The number of nitrogens with one attached hydrogen (secondary N) is 1. The Bertz CT molecular complexity index is 945. The Hall–Kier alpha value is -2.67. The predicted molar refractivity (Wildman–Crippen MR) is 126 cm³/mol. The third-order valence-corrected chi connectivity index (χ3v) is 7.30. The minimum Gasteiger partial charge on any atom is -0.335 e. The largest absolute Gasteiger partial charge is 0.335 e. The lowest BCUT2D eigenvalue weighted by atomic mass is 9.99. The number of ketones is 1. The number of aryl methyl sites for hydroxylation is 1. The van der Waals surface area contributed by atoms with Gasteiger partial charge in [-0.3, -0.25) is 9.59 Å². The number of amides is 3. The van der Waals surface area contributed by atoms with Gasteiger partial charge in [0.25, 0.3) is 5.91 Å². The first-order chi connectivity index (χ1) is 15.4. The van der Waals surface area contributed by atoms with Crippen molar-refractivity contribution in [1.29, 1.82) is 0 Å². The highest BCUT2D eigenvalue weighted by molar-refractivity contribution is 7.09. The van der Waals surface area contributed by atoms with E-state index in [9.17, 15) is 14.4 Å². The van der Waals surface area contributed by atoms with Crippen LogP contribution in [0.25, 0.3) is 0 Å². The summed E-state index contributed by atoms with van der Waals surface area (Å²) in [4.78, 5) is 43.6. The summed E-state index contributed by atoms with van der Waals surface area (Å²) in [5.41, 5.74) is 0.578. The molecule has 1 aromatic carbocycles. The molecule has 32 heavy (non-hydrogen) atoms. The summed E-state index contributed by atoms with van der Waals surface area (Å²) in [7, 11) is 0. The molecule has 0 spiro atoms. The van der Waals surface area contributed by atoms with Gasteiger partial charge in [-0.05, 0) is 55.2 Å². The maximum absolute atomic E-state index is 13.2. The van der Waals surface area contributed by atoms with E-state index in [0.29, 0.717) is 24.4 Å². The highest BCUT2D eigenvalue weighted by Gasteiger charge is 2.51. The number of benzene rings is 1. The quantitative estimate of drug-likeness (QED) is 0.690. The van der Waals surface area contributed by atoms with Gasteiger partial charge in [0.15, 0.2) is 5.78 Å². The fourth-order valence-corrected chi connectivity index (χ4v) is 5.64. The number of carbonyl (C=O) groups is 3. The fraction of sp³-hybridized carbons (Fsp3) is 0.480. The van der Waals surface area contributed by atoms with Crippen molar-refractivity contribution in [3.05, 3.63) is 58.3 Å². The number of nitrogens with zero attached hydrogens (tertiary/aromatic N) is 2. The normalized spacial score (nSPS) is 21.2. The van der Waals surface area contributed by atoms with Crippen molar-refractivity contribution in [3.63, 3.8) is 0 Å². The van der Waals surface area contributed by atoms with Gasteiger partial charge in [0.05, 0.1) is 12.6 Å². The van der Waals surface area contributed by atoms with E-state index in [2.05, 4.69) is 36.7 Å². The zero-order valence-electron chi connectivity index (χ0n) is 18.7. The molecule has 2 saturated heterocycles. The van der Waals surface area contributed by atoms with Crippen molar-refractivity contribution in [1.82, 2.24) is 15.1 Å². The van der Waals surface area contributed by atoms with Crippen LogP contribution in [-0.2, 0) is 11.2 Å². The van der Waals surface area contributed by atoms with Crippen molar-refractivity contribution in [3.8, 4) is 0 Å². The Morgan fingerprint density at radius 3 is 2.59 bits per heavy atom. The molecule has 2 aromatic rings. The Morgan fingerprint density at radius 2 is 1.91 bits per heavy atom. The monoisotopic (exact) mass is 453 g/mol. The predicted octanol–water partition coefficient (Wildman–Crippen LogP) is 3.97. The van der Waals surface area contributed by atoms with Gasteiger partial charge in [0.1, 0.15) is 6.04 Å². The van der Waals surface area contributed by atoms with Crippen LogP contribution < -0.4 is 5.32 Å². The number of hydrogen-bond acceptors (Lipinski definition) is 4. The number of thiophene rings is 1. The highest BCUT2D eigenvalue weighted by Crippen LogP contribution is 2.31. The van der Waals surface area contributed by atoms with Crippen LogP contribution in [0.2, 0.25) is 0 Å². The number of urea groups is 1. The summed E-state index contributed by atoms with van der Waals surface area (Å²) >= 11 is 1.74. The Labute approximate surface area is 193 Å². The van der Waals surface area contributed by atoms with E-state index in [0.717, 1.165) is 19.3 Å². The summed E-state index contributed by atoms with van der Waals surface area (Å²) in [6.07, 6.45) is 3.33. The van der Waals surface area contributed by atoms with Crippen LogP contribution in [0, 0.1) is 5.92 Å². The van der Waals surface area contributed by atoms with Crippen LogP contribution >= 0.6 is 11.3 Å². The van der Waals surface area contributed by atoms with Crippen molar-refractivity contribution in [2.24, 2.45) is 5.92 Å². The number of likely N-dealkylation sites (tertiary alicyclic amines) is 2. The van der Waals surface area contributed by atoms with Gasteiger partial charge in [-0.2, -0.15) is 0 Å². The van der Waals surface area contributed by atoms with E-state index in [1.807, 2.05) is 18.2 Å². The summed E-state index contributed by atoms with van der Waals surface area (Å²) in [5, 5.41) is 5.27. The number of rotatable bonds is 7. The summed E-state index contributed by atoms with van der Waals surface area (Å²) in [6, 6.07) is 12.3. The van der Waals surface area contributed by atoms with Crippen LogP contribution in [0.15, 0.2) is 47.8 Å². The van der Waals surface area contributed by atoms with Gasteiger partial charge >= 0.3 is 6.03 Å². The van der Waals surface area contributed by atoms with Crippen LogP contribution in [0.1, 0.15) is 48.3 Å². The van der Waals surface area contributed by atoms with Crippen molar-refractivity contribution in [2.45, 2.75) is 57.7 Å². The molecule has 0 aliphatic carbocycles. The molecule has 3 heterocycles. The number of Topliss-reactive ketones (excluding diaryl/α,β-unsaturated/α-hetero) is 1. The average Bonchev–Trinajstić information content (AvgIpc) is 3.51. The topological polar surface area (TPSA) is 69.7 Å². The Balaban J connectivity index is 1.41. The van der Waals surface area contributed by atoms with Crippen LogP contribution in [0.4, 0.5) is 4.79 Å². The minimum atomic E-state index is -0.542. The zero-order valence-corrected chi connectivity index (χ0v) is 19.5. The zero-order chi connectivity index (χ0) is 22.7. The maximum atomic E-state index is 13.2. The third-order valence-electron chi connectivity index (χ3n) is 6.37. The fourth-order valence-electron chi connectivity index (χ4n) is 4.91. The second-order valence-corrected chi connectivity index (χ2v) is 10.2. The Morgan fingerprint density at radius 1 is 1.12 bits per heavy atom. The third kappa shape index (κ3) is 4.88. The lowest BCUT2D eigenvalue weighted by molar-refractivity contribution is -0.119. The summed E-state index contributed by atoms with van der Waals surface area (Å²) < 4.78 is 0. The number of carbonyl (C=O) groups excluding carboxylic acids is 3. The molecule has 0 bridgehead atoms. The molecule has 2 aliphatic rings. The van der Waals surface area contributed by atoms with Gasteiger partial charge in [-0.1, -0.05) is 38.1 Å². The molecular formula is C25H31N3O3S. The highest BCUT2D eigenvalue weighted by atomic mass is 32.1. The first kappa shape index (κ1) is 22.5. The van der Waals surface area contributed by atoms with Crippen molar-refractivity contribution < 1.29 is 14.4 Å². The van der Waals surface area contributed by atoms with E-state index >= 15 is 0 Å². The van der Waals surface area contributed by atoms with Gasteiger partial charge < -0.3 is 15.1 Å². The van der Waals surface area contributed by atoms with Gasteiger partial charge in [-0.15, -0.1) is 11.3 Å². The average molecular weight is 454 g/mol. The number of hydrogen-bond donors (Lipinski definition) is 1. The molecule has 2 aliphatic heterocycles. The van der Waals surface area contributed by atoms with E-state index < -0.39 is 6.04 Å². The van der Waals surface area contributed by atoms with E-state index in [1.165, 1.54) is 4.88 Å². The molecular weight excluding hydrogens is 422 g/mol. The molecule has 3 atom stereocenters. The smallest absolute Gasteiger partial charge is 0.318 e. The minimum absolute atomic E-state index is 0.0501. The van der Waals surface area contributed by atoms with Crippen molar-refractivity contribution >= 4 is 29.1 Å². The van der Waals surface area contributed by atoms with E-state index in [4.69, 9.17) is 0 Å². The summed E-state index contributed by atoms with van der Waals surface area (Å²) in [5.74, 6) is 0.273.